The summed E-state index contributed by atoms with van der Waals surface area (Å²) in [5.74, 6) is 0.728. The van der Waals surface area contributed by atoms with Gasteiger partial charge in [0.15, 0.2) is 5.82 Å². The number of hydrogen-bond acceptors (Lipinski definition) is 5. The molecule has 0 unspecified atom stereocenters. The number of hydrogen-bond donors (Lipinski definition) is 0. The molecule has 4 rings (SSSR count). The van der Waals surface area contributed by atoms with E-state index in [4.69, 9.17) is 0 Å². The number of fused-ring (bicyclic) bond motifs is 1. The van der Waals surface area contributed by atoms with Gasteiger partial charge in [0, 0.05) is 51.1 Å². The van der Waals surface area contributed by atoms with Crippen molar-refractivity contribution in [2.45, 2.75) is 26.4 Å². The molecule has 0 saturated heterocycles. The van der Waals surface area contributed by atoms with E-state index in [2.05, 4.69) is 20.4 Å². The Balaban J connectivity index is 1.71. The molecule has 1 amide bonds. The fourth-order valence-corrected chi connectivity index (χ4v) is 3.36. The number of carbonyl (C=O) groups is 1. The first-order chi connectivity index (χ1) is 12.1. The minimum Gasteiger partial charge on any atom is -0.332 e. The van der Waals surface area contributed by atoms with E-state index >= 15 is 0 Å². The molecule has 0 aromatic carbocycles. The third-order valence-electron chi connectivity index (χ3n) is 4.74. The molecule has 0 spiro atoms. The van der Waals surface area contributed by atoms with Crippen LogP contribution >= 0.6 is 0 Å². The minimum absolute atomic E-state index is 0.0163. The van der Waals surface area contributed by atoms with Gasteiger partial charge in [-0.2, -0.15) is 10.2 Å². The van der Waals surface area contributed by atoms with Crippen LogP contribution in [-0.4, -0.2) is 51.7 Å². The SMILES string of the molecule is CCn1cnnc1-c1nn(C)c2c1CN(C(=O)c1ccnn1C)CC2. The normalized spacial score (nSPS) is 14.0. The Morgan fingerprint density at radius 3 is 2.84 bits per heavy atom. The quantitative estimate of drug-likeness (QED) is 0.698. The highest BCUT2D eigenvalue weighted by Gasteiger charge is 2.30. The van der Waals surface area contributed by atoms with Crippen LogP contribution < -0.4 is 0 Å². The van der Waals surface area contributed by atoms with Crippen molar-refractivity contribution < 1.29 is 4.79 Å². The first kappa shape index (κ1) is 15.6. The number of rotatable bonds is 3. The molecule has 9 heteroatoms. The zero-order valence-corrected chi connectivity index (χ0v) is 14.5. The van der Waals surface area contributed by atoms with Crippen LogP contribution in [0.2, 0.25) is 0 Å². The standard InChI is InChI=1S/C16H20N8O/c1-4-23-10-17-19-15(23)14-11-9-24(8-6-12(11)22(3)20-14)16(25)13-5-7-18-21(13)2/h5,7,10H,4,6,8-9H2,1-3H3. The van der Waals surface area contributed by atoms with Crippen molar-refractivity contribution in [3.8, 4) is 11.5 Å². The third kappa shape index (κ3) is 2.43. The molecule has 9 nitrogen and oxygen atoms in total. The number of amides is 1. The summed E-state index contributed by atoms with van der Waals surface area (Å²) in [6, 6.07) is 1.75. The fourth-order valence-electron chi connectivity index (χ4n) is 3.36. The highest BCUT2D eigenvalue weighted by molar-refractivity contribution is 5.92. The average Bonchev–Trinajstić information content (AvgIpc) is 3.32. The Bertz CT molecular complexity index is 934. The number of aryl methyl sites for hydroxylation is 3. The van der Waals surface area contributed by atoms with Gasteiger partial charge in [-0.25, -0.2) is 0 Å². The van der Waals surface area contributed by atoms with Crippen LogP contribution in [0.3, 0.4) is 0 Å². The van der Waals surface area contributed by atoms with Crippen molar-refractivity contribution in [1.29, 1.82) is 0 Å². The van der Waals surface area contributed by atoms with Gasteiger partial charge in [0.05, 0.1) is 6.54 Å². The van der Waals surface area contributed by atoms with E-state index in [-0.39, 0.29) is 5.91 Å². The molecule has 1 aliphatic heterocycles. The summed E-state index contributed by atoms with van der Waals surface area (Å²) >= 11 is 0. The lowest BCUT2D eigenvalue weighted by atomic mass is 10.0. The van der Waals surface area contributed by atoms with Crippen LogP contribution in [-0.2, 0) is 33.6 Å². The second-order valence-electron chi connectivity index (χ2n) is 6.15. The highest BCUT2D eigenvalue weighted by Crippen LogP contribution is 2.29. The smallest absolute Gasteiger partial charge is 0.272 e. The average molecular weight is 340 g/mol. The monoisotopic (exact) mass is 340 g/mol. The van der Waals surface area contributed by atoms with E-state index in [9.17, 15) is 4.79 Å². The lowest BCUT2D eigenvalue weighted by Crippen LogP contribution is -2.37. The largest absolute Gasteiger partial charge is 0.332 e. The van der Waals surface area contributed by atoms with Crippen LogP contribution in [0.15, 0.2) is 18.6 Å². The van der Waals surface area contributed by atoms with Gasteiger partial charge in [0.2, 0.25) is 0 Å². The fraction of sp³-hybridized carbons (Fsp3) is 0.438. The van der Waals surface area contributed by atoms with Crippen molar-refractivity contribution in [2.24, 2.45) is 14.1 Å². The predicted octanol–water partition coefficient (Wildman–Crippen LogP) is 0.630. The first-order valence-corrected chi connectivity index (χ1v) is 8.30. The molecule has 0 N–H and O–H groups in total. The van der Waals surface area contributed by atoms with E-state index in [1.165, 1.54) is 0 Å². The summed E-state index contributed by atoms with van der Waals surface area (Å²) < 4.78 is 5.46. The Labute approximate surface area is 144 Å². The molecule has 4 heterocycles. The number of aromatic nitrogens is 7. The van der Waals surface area contributed by atoms with E-state index in [0.29, 0.717) is 18.8 Å². The molecule has 0 atom stereocenters. The zero-order chi connectivity index (χ0) is 17.6. The van der Waals surface area contributed by atoms with Crippen molar-refractivity contribution in [3.05, 3.63) is 35.5 Å². The first-order valence-electron chi connectivity index (χ1n) is 8.30. The second-order valence-corrected chi connectivity index (χ2v) is 6.15. The molecule has 3 aromatic rings. The molecule has 1 aliphatic rings. The van der Waals surface area contributed by atoms with Crippen LogP contribution in [0.4, 0.5) is 0 Å². The Hall–Kier alpha value is -2.97. The van der Waals surface area contributed by atoms with Crippen LogP contribution in [0.5, 0.6) is 0 Å². The van der Waals surface area contributed by atoms with E-state index < -0.39 is 0 Å². The molecule has 0 aliphatic carbocycles. The minimum atomic E-state index is -0.0163. The maximum absolute atomic E-state index is 12.8. The maximum Gasteiger partial charge on any atom is 0.272 e. The second kappa shape index (κ2) is 5.83. The van der Waals surface area contributed by atoms with Crippen LogP contribution in [0.1, 0.15) is 28.7 Å². The van der Waals surface area contributed by atoms with Crippen molar-refractivity contribution in [3.63, 3.8) is 0 Å². The Morgan fingerprint density at radius 2 is 2.12 bits per heavy atom. The van der Waals surface area contributed by atoms with Crippen LogP contribution in [0.25, 0.3) is 11.5 Å². The summed E-state index contributed by atoms with van der Waals surface area (Å²) in [4.78, 5) is 14.7. The summed E-state index contributed by atoms with van der Waals surface area (Å²) in [5.41, 5.74) is 3.59. The molecule has 0 bridgehead atoms. The van der Waals surface area contributed by atoms with E-state index in [1.54, 1.807) is 30.3 Å². The highest BCUT2D eigenvalue weighted by atomic mass is 16.2. The molecular weight excluding hydrogens is 320 g/mol. The van der Waals surface area contributed by atoms with Crippen molar-refractivity contribution >= 4 is 5.91 Å². The molecular formula is C16H20N8O. The van der Waals surface area contributed by atoms with Gasteiger partial charge in [0.1, 0.15) is 17.7 Å². The van der Waals surface area contributed by atoms with Gasteiger partial charge in [0.25, 0.3) is 5.91 Å². The zero-order valence-electron chi connectivity index (χ0n) is 14.5. The Kier molecular flexibility index (Phi) is 3.63. The molecule has 0 fully saturated rings. The molecule has 130 valence electrons. The summed E-state index contributed by atoms with van der Waals surface area (Å²) in [6.45, 7) is 3.99. The Morgan fingerprint density at radius 1 is 1.28 bits per heavy atom. The maximum atomic E-state index is 12.8. The third-order valence-corrected chi connectivity index (χ3v) is 4.74. The number of nitrogens with zero attached hydrogens (tertiary/aromatic N) is 8. The summed E-state index contributed by atoms with van der Waals surface area (Å²) in [5, 5.41) is 17.0. The van der Waals surface area contributed by atoms with Gasteiger partial charge < -0.3 is 9.47 Å². The van der Waals surface area contributed by atoms with Gasteiger partial charge in [-0.3, -0.25) is 14.2 Å². The van der Waals surface area contributed by atoms with Crippen LogP contribution in [0, 0.1) is 0 Å². The lowest BCUT2D eigenvalue weighted by Gasteiger charge is -2.27. The lowest BCUT2D eigenvalue weighted by molar-refractivity contribution is 0.0722. The predicted molar refractivity (Wildman–Crippen MR) is 89.6 cm³/mol. The molecule has 0 radical (unpaired) electrons. The molecule has 3 aromatic heterocycles. The topological polar surface area (TPSA) is 86.7 Å². The van der Waals surface area contributed by atoms with Gasteiger partial charge in [-0.15, -0.1) is 10.2 Å². The van der Waals surface area contributed by atoms with E-state index in [0.717, 1.165) is 35.7 Å². The van der Waals surface area contributed by atoms with Gasteiger partial charge >= 0.3 is 0 Å². The number of carbonyl (C=O) groups excluding carboxylic acids is 1. The van der Waals surface area contributed by atoms with Crippen molar-refractivity contribution in [1.82, 2.24) is 39.2 Å². The summed E-state index contributed by atoms with van der Waals surface area (Å²) in [7, 11) is 3.72. The van der Waals surface area contributed by atoms with Gasteiger partial charge in [-0.1, -0.05) is 0 Å². The van der Waals surface area contributed by atoms with Gasteiger partial charge in [-0.05, 0) is 13.0 Å². The van der Waals surface area contributed by atoms with Crippen molar-refractivity contribution in [2.75, 3.05) is 6.54 Å². The molecule has 25 heavy (non-hydrogen) atoms. The van der Waals surface area contributed by atoms with E-state index in [1.807, 2.05) is 28.1 Å². The summed E-state index contributed by atoms with van der Waals surface area (Å²) in [6.07, 6.45) is 4.11. The molecule has 0 saturated carbocycles.